The van der Waals surface area contributed by atoms with Crippen LogP contribution in [0.4, 0.5) is 5.95 Å². The second-order valence-electron chi connectivity index (χ2n) is 6.51. The van der Waals surface area contributed by atoms with Gasteiger partial charge in [-0.15, -0.1) is 0 Å². The molecule has 0 atom stereocenters. The van der Waals surface area contributed by atoms with E-state index in [-0.39, 0.29) is 11.9 Å². The molecule has 4 aromatic rings. The van der Waals surface area contributed by atoms with Crippen LogP contribution in [-0.2, 0) is 0 Å². The van der Waals surface area contributed by atoms with Gasteiger partial charge in [0.2, 0.25) is 5.95 Å². The van der Waals surface area contributed by atoms with Crippen LogP contribution in [0.25, 0.3) is 22.5 Å². The van der Waals surface area contributed by atoms with E-state index in [4.69, 9.17) is 0 Å². The maximum Gasteiger partial charge on any atom is 0.258 e. The summed E-state index contributed by atoms with van der Waals surface area (Å²) in [4.78, 5) is 21.7. The molecule has 0 saturated carbocycles. The highest BCUT2D eigenvalue weighted by molar-refractivity contribution is 6.03. The van der Waals surface area contributed by atoms with Gasteiger partial charge in [-0.2, -0.15) is 0 Å². The van der Waals surface area contributed by atoms with Crippen LogP contribution >= 0.6 is 0 Å². The molecule has 0 aliphatic rings. The monoisotopic (exact) mass is 365 g/mol. The molecule has 0 radical (unpaired) electrons. The SMILES string of the molecule is Cc1ccc(-c2cc(-c3ccccc3)nc(NC(=O)c3ccccc3)n2)cc1. The first-order chi connectivity index (χ1) is 13.7. The summed E-state index contributed by atoms with van der Waals surface area (Å²) in [7, 11) is 0. The van der Waals surface area contributed by atoms with Crippen LogP contribution in [0.2, 0.25) is 0 Å². The molecule has 0 unspecified atom stereocenters. The molecule has 0 aliphatic heterocycles. The number of aromatic nitrogens is 2. The van der Waals surface area contributed by atoms with Gasteiger partial charge in [0.05, 0.1) is 11.4 Å². The summed E-state index contributed by atoms with van der Waals surface area (Å²) < 4.78 is 0. The fourth-order valence-corrected chi connectivity index (χ4v) is 2.90. The molecule has 0 saturated heterocycles. The topological polar surface area (TPSA) is 54.9 Å². The molecule has 4 heteroatoms. The Bertz CT molecular complexity index is 1090. The number of hydrogen-bond donors (Lipinski definition) is 1. The molecule has 0 aliphatic carbocycles. The number of rotatable bonds is 4. The van der Waals surface area contributed by atoms with Gasteiger partial charge in [0.1, 0.15) is 0 Å². The number of carbonyl (C=O) groups is 1. The molecule has 28 heavy (non-hydrogen) atoms. The second kappa shape index (κ2) is 7.84. The van der Waals surface area contributed by atoms with Crippen molar-refractivity contribution in [2.45, 2.75) is 6.92 Å². The van der Waals surface area contributed by atoms with Gasteiger partial charge in [0, 0.05) is 16.7 Å². The van der Waals surface area contributed by atoms with Crippen molar-refractivity contribution in [3.63, 3.8) is 0 Å². The Hall–Kier alpha value is -3.79. The molecule has 1 aromatic heterocycles. The van der Waals surface area contributed by atoms with E-state index >= 15 is 0 Å². The minimum Gasteiger partial charge on any atom is -0.290 e. The van der Waals surface area contributed by atoms with E-state index in [1.165, 1.54) is 5.56 Å². The highest BCUT2D eigenvalue weighted by atomic mass is 16.1. The minimum absolute atomic E-state index is 0.235. The molecule has 1 amide bonds. The lowest BCUT2D eigenvalue weighted by molar-refractivity contribution is 0.102. The standard InChI is InChI=1S/C24H19N3O/c1-17-12-14-19(15-13-17)22-16-21(18-8-4-2-5-9-18)25-24(26-22)27-23(28)20-10-6-3-7-11-20/h2-16H,1H3,(H,25,26,27,28). The lowest BCUT2D eigenvalue weighted by Gasteiger charge is -2.10. The summed E-state index contributed by atoms with van der Waals surface area (Å²) in [6.45, 7) is 2.05. The van der Waals surface area contributed by atoms with Gasteiger partial charge >= 0.3 is 0 Å². The lowest BCUT2D eigenvalue weighted by atomic mass is 10.1. The molecule has 3 aromatic carbocycles. The molecule has 1 N–H and O–H groups in total. The first-order valence-electron chi connectivity index (χ1n) is 9.07. The van der Waals surface area contributed by atoms with Crippen molar-refractivity contribution in [3.05, 3.63) is 102 Å². The maximum absolute atomic E-state index is 12.6. The Morgan fingerprint density at radius 2 is 1.25 bits per heavy atom. The average Bonchev–Trinajstić information content (AvgIpc) is 2.75. The first kappa shape index (κ1) is 17.6. The van der Waals surface area contributed by atoms with E-state index < -0.39 is 0 Å². The first-order valence-corrected chi connectivity index (χ1v) is 9.07. The Balaban J connectivity index is 1.75. The number of nitrogens with zero attached hydrogens (tertiary/aromatic N) is 2. The predicted molar refractivity (Wildman–Crippen MR) is 112 cm³/mol. The van der Waals surface area contributed by atoms with Gasteiger partial charge in [-0.25, -0.2) is 9.97 Å². The van der Waals surface area contributed by atoms with Crippen LogP contribution in [0.3, 0.4) is 0 Å². The predicted octanol–water partition coefficient (Wildman–Crippen LogP) is 5.37. The van der Waals surface area contributed by atoms with Crippen molar-refractivity contribution in [2.75, 3.05) is 5.32 Å². The van der Waals surface area contributed by atoms with Gasteiger partial charge in [-0.1, -0.05) is 78.4 Å². The third kappa shape index (κ3) is 3.96. The summed E-state index contributed by atoms with van der Waals surface area (Å²) >= 11 is 0. The zero-order valence-electron chi connectivity index (χ0n) is 15.5. The number of aryl methyl sites for hydroxylation is 1. The third-order valence-corrected chi connectivity index (χ3v) is 4.40. The Morgan fingerprint density at radius 1 is 0.714 bits per heavy atom. The fourth-order valence-electron chi connectivity index (χ4n) is 2.90. The van der Waals surface area contributed by atoms with E-state index in [1.807, 2.05) is 85.8 Å². The largest absolute Gasteiger partial charge is 0.290 e. The van der Waals surface area contributed by atoms with E-state index in [9.17, 15) is 4.79 Å². The maximum atomic E-state index is 12.6. The fraction of sp³-hybridized carbons (Fsp3) is 0.0417. The van der Waals surface area contributed by atoms with Crippen LogP contribution in [0.15, 0.2) is 91.0 Å². The second-order valence-corrected chi connectivity index (χ2v) is 6.51. The summed E-state index contributed by atoms with van der Waals surface area (Å²) in [5.74, 6) is 0.0476. The minimum atomic E-state index is -0.235. The Kier molecular flexibility index (Phi) is 4.93. The van der Waals surface area contributed by atoms with Crippen molar-refractivity contribution in [1.29, 1.82) is 0 Å². The average molecular weight is 365 g/mol. The van der Waals surface area contributed by atoms with Gasteiger partial charge < -0.3 is 0 Å². The third-order valence-electron chi connectivity index (χ3n) is 4.40. The van der Waals surface area contributed by atoms with Crippen molar-refractivity contribution < 1.29 is 4.79 Å². The number of carbonyl (C=O) groups excluding carboxylic acids is 1. The molecular formula is C24H19N3O. The number of nitrogens with one attached hydrogen (secondary N) is 1. The number of amides is 1. The number of anilines is 1. The molecule has 136 valence electrons. The number of hydrogen-bond acceptors (Lipinski definition) is 3. The molecule has 0 fully saturated rings. The highest BCUT2D eigenvalue weighted by Crippen LogP contribution is 2.25. The van der Waals surface area contributed by atoms with E-state index in [0.29, 0.717) is 5.56 Å². The Morgan fingerprint density at radius 3 is 1.86 bits per heavy atom. The zero-order chi connectivity index (χ0) is 19.3. The van der Waals surface area contributed by atoms with Crippen LogP contribution < -0.4 is 5.32 Å². The van der Waals surface area contributed by atoms with Gasteiger partial charge in [0.15, 0.2) is 0 Å². The van der Waals surface area contributed by atoms with Gasteiger partial charge in [-0.3, -0.25) is 10.1 Å². The summed E-state index contributed by atoms with van der Waals surface area (Å²) in [6, 6.07) is 29.0. The lowest BCUT2D eigenvalue weighted by Crippen LogP contribution is -2.14. The Labute approximate surface area is 163 Å². The molecule has 0 bridgehead atoms. The van der Waals surface area contributed by atoms with E-state index in [1.54, 1.807) is 12.1 Å². The quantitative estimate of drug-likeness (QED) is 0.529. The van der Waals surface area contributed by atoms with Crippen molar-refractivity contribution in [2.24, 2.45) is 0 Å². The molecule has 4 rings (SSSR count). The van der Waals surface area contributed by atoms with Crippen molar-refractivity contribution in [1.82, 2.24) is 9.97 Å². The molecule has 1 heterocycles. The van der Waals surface area contributed by atoms with Crippen molar-refractivity contribution in [3.8, 4) is 22.5 Å². The van der Waals surface area contributed by atoms with E-state index in [2.05, 4.69) is 15.3 Å². The zero-order valence-corrected chi connectivity index (χ0v) is 15.5. The van der Waals surface area contributed by atoms with Crippen molar-refractivity contribution >= 4 is 11.9 Å². The summed E-state index contributed by atoms with van der Waals surface area (Å²) in [5.41, 5.74) is 5.20. The van der Waals surface area contributed by atoms with Crippen LogP contribution in [0, 0.1) is 6.92 Å². The normalized spacial score (nSPS) is 10.5. The van der Waals surface area contributed by atoms with Crippen LogP contribution in [-0.4, -0.2) is 15.9 Å². The number of benzene rings is 3. The highest BCUT2D eigenvalue weighted by Gasteiger charge is 2.12. The van der Waals surface area contributed by atoms with Crippen LogP contribution in [0.5, 0.6) is 0 Å². The van der Waals surface area contributed by atoms with Gasteiger partial charge in [0.25, 0.3) is 5.91 Å². The van der Waals surface area contributed by atoms with E-state index in [0.717, 1.165) is 22.5 Å². The van der Waals surface area contributed by atoms with Gasteiger partial charge in [-0.05, 0) is 25.1 Å². The molecule has 0 spiro atoms. The molecular weight excluding hydrogens is 346 g/mol. The smallest absolute Gasteiger partial charge is 0.258 e. The van der Waals surface area contributed by atoms with Crippen LogP contribution in [0.1, 0.15) is 15.9 Å². The summed E-state index contributed by atoms with van der Waals surface area (Å²) in [6.07, 6.45) is 0. The summed E-state index contributed by atoms with van der Waals surface area (Å²) in [5, 5.41) is 2.83. The molecule has 4 nitrogen and oxygen atoms in total.